The molecule has 1 fully saturated rings. The number of rotatable bonds is 2. The van der Waals surface area contributed by atoms with E-state index in [9.17, 15) is 9.59 Å². The Balaban J connectivity index is 1.93. The standard InChI is InChI=1S/C11H15BrN4O2S/c1-7-5-15(2)10(17)6-16(7)11(18)13-4-9-8(12)3-14-19-9/h3,7H,4-6H2,1-2H3,(H,13,18). The van der Waals surface area contributed by atoms with Crippen molar-refractivity contribution in [2.75, 3.05) is 20.1 Å². The van der Waals surface area contributed by atoms with Crippen LogP contribution in [0.25, 0.3) is 0 Å². The first-order valence-electron chi connectivity index (χ1n) is 5.86. The molecule has 0 radical (unpaired) electrons. The zero-order valence-electron chi connectivity index (χ0n) is 10.7. The maximum atomic E-state index is 12.1. The summed E-state index contributed by atoms with van der Waals surface area (Å²) in [5, 5.41) is 2.82. The number of nitrogens with zero attached hydrogens (tertiary/aromatic N) is 3. The fourth-order valence-corrected chi connectivity index (χ4v) is 3.07. The van der Waals surface area contributed by atoms with Gasteiger partial charge >= 0.3 is 6.03 Å². The van der Waals surface area contributed by atoms with E-state index in [2.05, 4.69) is 25.6 Å². The fraction of sp³-hybridized carbons (Fsp3) is 0.545. The molecule has 1 N–H and O–H groups in total. The van der Waals surface area contributed by atoms with Gasteiger partial charge in [-0.3, -0.25) is 4.79 Å². The largest absolute Gasteiger partial charge is 0.342 e. The Morgan fingerprint density at radius 1 is 1.68 bits per heavy atom. The number of likely N-dealkylation sites (N-methyl/N-ethyl adjacent to an activating group) is 1. The Morgan fingerprint density at radius 2 is 2.42 bits per heavy atom. The second kappa shape index (κ2) is 5.87. The number of piperazine rings is 1. The van der Waals surface area contributed by atoms with Crippen LogP contribution in [-0.4, -0.2) is 52.3 Å². The molecular weight excluding hydrogens is 332 g/mol. The Kier molecular flexibility index (Phi) is 4.41. The summed E-state index contributed by atoms with van der Waals surface area (Å²) >= 11 is 4.70. The molecule has 1 aliphatic heterocycles. The predicted octanol–water partition coefficient (Wildman–Crippen LogP) is 1.28. The van der Waals surface area contributed by atoms with Crippen LogP contribution in [-0.2, 0) is 11.3 Å². The van der Waals surface area contributed by atoms with Crippen LogP contribution in [0.3, 0.4) is 0 Å². The molecule has 0 aromatic carbocycles. The summed E-state index contributed by atoms with van der Waals surface area (Å²) in [6, 6.07) is -0.193. The minimum atomic E-state index is -0.214. The summed E-state index contributed by atoms with van der Waals surface area (Å²) in [5.74, 6) is -0.0350. The maximum Gasteiger partial charge on any atom is 0.318 e. The van der Waals surface area contributed by atoms with Crippen LogP contribution in [0.2, 0.25) is 0 Å². The second-order valence-electron chi connectivity index (χ2n) is 4.51. The lowest BCUT2D eigenvalue weighted by molar-refractivity contribution is -0.134. The third-order valence-corrected chi connectivity index (χ3v) is 4.80. The van der Waals surface area contributed by atoms with Crippen LogP contribution in [0, 0.1) is 0 Å². The van der Waals surface area contributed by atoms with E-state index in [4.69, 9.17) is 0 Å². The van der Waals surface area contributed by atoms with Gasteiger partial charge in [0.1, 0.15) is 6.54 Å². The van der Waals surface area contributed by atoms with Gasteiger partial charge in [-0.2, -0.15) is 4.37 Å². The summed E-state index contributed by atoms with van der Waals surface area (Å²) in [7, 11) is 1.75. The van der Waals surface area contributed by atoms with Gasteiger partial charge in [0.2, 0.25) is 5.91 Å². The van der Waals surface area contributed by atoms with Crippen molar-refractivity contribution in [1.82, 2.24) is 19.5 Å². The number of amides is 3. The molecule has 1 unspecified atom stereocenters. The zero-order valence-corrected chi connectivity index (χ0v) is 13.1. The molecule has 6 nitrogen and oxygen atoms in total. The molecule has 104 valence electrons. The molecule has 3 amide bonds. The lowest BCUT2D eigenvalue weighted by atomic mass is 10.2. The normalized spacial score (nSPS) is 19.7. The van der Waals surface area contributed by atoms with E-state index in [1.165, 1.54) is 11.5 Å². The molecule has 1 aromatic rings. The van der Waals surface area contributed by atoms with Crippen molar-refractivity contribution in [3.63, 3.8) is 0 Å². The smallest absolute Gasteiger partial charge is 0.318 e. The highest BCUT2D eigenvalue weighted by molar-refractivity contribution is 9.10. The first-order valence-corrected chi connectivity index (χ1v) is 7.43. The van der Waals surface area contributed by atoms with Gasteiger partial charge in [-0.05, 0) is 34.4 Å². The average Bonchev–Trinajstić information content (AvgIpc) is 2.76. The van der Waals surface area contributed by atoms with Crippen molar-refractivity contribution in [2.24, 2.45) is 0 Å². The number of aromatic nitrogens is 1. The number of carbonyl (C=O) groups excluding carboxylic acids is 2. The third kappa shape index (κ3) is 3.24. The highest BCUT2D eigenvalue weighted by Crippen LogP contribution is 2.19. The van der Waals surface area contributed by atoms with Gasteiger partial charge in [-0.1, -0.05) is 0 Å². The zero-order chi connectivity index (χ0) is 14.0. The SMILES string of the molecule is CC1CN(C)C(=O)CN1C(=O)NCc1sncc1Br. The lowest BCUT2D eigenvalue weighted by Gasteiger charge is -2.37. The minimum Gasteiger partial charge on any atom is -0.342 e. The molecule has 8 heteroatoms. The van der Waals surface area contributed by atoms with Gasteiger partial charge in [0.15, 0.2) is 0 Å². The van der Waals surface area contributed by atoms with Crippen LogP contribution in [0.1, 0.15) is 11.8 Å². The van der Waals surface area contributed by atoms with Crippen LogP contribution < -0.4 is 5.32 Å². The monoisotopic (exact) mass is 346 g/mol. The molecule has 1 aromatic heterocycles. The summed E-state index contributed by atoms with van der Waals surface area (Å²) in [5.41, 5.74) is 0. The number of hydrogen-bond acceptors (Lipinski definition) is 4. The molecule has 0 bridgehead atoms. The van der Waals surface area contributed by atoms with E-state index in [1.807, 2.05) is 6.92 Å². The Morgan fingerprint density at radius 3 is 3.05 bits per heavy atom. The molecule has 0 aliphatic carbocycles. The van der Waals surface area contributed by atoms with Crippen molar-refractivity contribution in [3.05, 3.63) is 15.5 Å². The molecule has 19 heavy (non-hydrogen) atoms. The van der Waals surface area contributed by atoms with Gasteiger partial charge in [0.25, 0.3) is 0 Å². The van der Waals surface area contributed by atoms with Gasteiger partial charge < -0.3 is 15.1 Å². The van der Waals surface area contributed by atoms with Crippen molar-refractivity contribution in [3.8, 4) is 0 Å². The van der Waals surface area contributed by atoms with E-state index in [0.717, 1.165) is 9.35 Å². The van der Waals surface area contributed by atoms with E-state index in [0.29, 0.717) is 13.1 Å². The number of halogens is 1. The Labute approximate surface area is 124 Å². The Bertz CT molecular complexity index is 493. The first-order chi connectivity index (χ1) is 8.99. The van der Waals surface area contributed by atoms with Gasteiger partial charge in [-0.15, -0.1) is 0 Å². The predicted molar refractivity (Wildman–Crippen MR) is 75.9 cm³/mol. The molecule has 1 aliphatic rings. The van der Waals surface area contributed by atoms with E-state index in [-0.39, 0.29) is 24.5 Å². The lowest BCUT2D eigenvalue weighted by Crippen LogP contribution is -2.57. The van der Waals surface area contributed by atoms with Crippen molar-refractivity contribution >= 4 is 39.4 Å². The summed E-state index contributed by atoms with van der Waals surface area (Å²) in [6.07, 6.45) is 1.70. The van der Waals surface area contributed by atoms with Crippen LogP contribution in [0.4, 0.5) is 4.79 Å². The van der Waals surface area contributed by atoms with Crippen LogP contribution in [0.15, 0.2) is 10.7 Å². The number of urea groups is 1. The Hall–Kier alpha value is -1.15. The molecule has 0 spiro atoms. The van der Waals surface area contributed by atoms with Gasteiger partial charge in [0, 0.05) is 19.6 Å². The summed E-state index contributed by atoms with van der Waals surface area (Å²) in [6.45, 7) is 3.05. The van der Waals surface area contributed by atoms with Gasteiger partial charge in [0.05, 0.1) is 22.1 Å². The highest BCUT2D eigenvalue weighted by Gasteiger charge is 2.30. The second-order valence-corrected chi connectivity index (χ2v) is 6.25. The van der Waals surface area contributed by atoms with Crippen molar-refractivity contribution in [2.45, 2.75) is 19.5 Å². The van der Waals surface area contributed by atoms with Crippen molar-refractivity contribution in [1.29, 1.82) is 0 Å². The number of hydrogen-bond donors (Lipinski definition) is 1. The van der Waals surface area contributed by atoms with Crippen LogP contribution in [0.5, 0.6) is 0 Å². The van der Waals surface area contributed by atoms with E-state index in [1.54, 1.807) is 23.0 Å². The quantitative estimate of drug-likeness (QED) is 0.877. The number of carbonyl (C=O) groups is 2. The highest BCUT2D eigenvalue weighted by atomic mass is 79.9. The third-order valence-electron chi connectivity index (χ3n) is 3.06. The molecule has 2 heterocycles. The number of nitrogens with one attached hydrogen (secondary N) is 1. The minimum absolute atomic E-state index is 0.0209. The molecule has 2 rings (SSSR count). The molecular formula is C11H15BrN4O2S. The maximum absolute atomic E-state index is 12.1. The summed E-state index contributed by atoms with van der Waals surface area (Å²) in [4.78, 5) is 27.9. The van der Waals surface area contributed by atoms with E-state index >= 15 is 0 Å². The first kappa shape index (κ1) is 14.3. The summed E-state index contributed by atoms with van der Waals surface area (Å²) < 4.78 is 4.91. The van der Waals surface area contributed by atoms with Crippen molar-refractivity contribution < 1.29 is 9.59 Å². The fourth-order valence-electron chi connectivity index (χ4n) is 1.92. The van der Waals surface area contributed by atoms with E-state index < -0.39 is 0 Å². The topological polar surface area (TPSA) is 65.5 Å². The molecule has 1 atom stereocenters. The average molecular weight is 347 g/mol. The molecule has 0 saturated carbocycles. The van der Waals surface area contributed by atoms with Crippen LogP contribution >= 0.6 is 27.5 Å². The molecule has 1 saturated heterocycles. The van der Waals surface area contributed by atoms with Gasteiger partial charge in [-0.25, -0.2) is 4.79 Å².